The van der Waals surface area contributed by atoms with Crippen LogP contribution in [0.4, 0.5) is 0 Å². The minimum atomic E-state index is -0.297. The van der Waals surface area contributed by atoms with E-state index in [0.717, 1.165) is 19.0 Å². The molecule has 0 aromatic heterocycles. The molecule has 2 atom stereocenters. The van der Waals surface area contributed by atoms with Crippen molar-refractivity contribution in [2.75, 3.05) is 19.7 Å². The number of halogens is 1. The van der Waals surface area contributed by atoms with Crippen LogP contribution in [-0.2, 0) is 4.74 Å². The van der Waals surface area contributed by atoms with Crippen LogP contribution in [0.15, 0.2) is 24.3 Å². The minimum absolute atomic E-state index is 0.297. The van der Waals surface area contributed by atoms with E-state index >= 15 is 0 Å². The number of carbonyl (C=O) groups is 1. The van der Waals surface area contributed by atoms with E-state index in [0.29, 0.717) is 23.2 Å². The highest BCUT2D eigenvalue weighted by molar-refractivity contribution is 6.30. The number of benzene rings is 1. The fraction of sp³-hybridized carbons (Fsp3) is 0.588. The Morgan fingerprint density at radius 1 is 1.43 bits per heavy atom. The van der Waals surface area contributed by atoms with Crippen molar-refractivity contribution in [2.45, 2.75) is 39.2 Å². The maximum atomic E-state index is 11.9. The molecule has 0 aliphatic carbocycles. The number of likely N-dealkylation sites (tertiary alicyclic amines) is 1. The maximum absolute atomic E-state index is 11.9. The summed E-state index contributed by atoms with van der Waals surface area (Å²) in [6.45, 7) is 6.87. The van der Waals surface area contributed by atoms with Gasteiger partial charge in [0.2, 0.25) is 0 Å². The number of nitrogens with zero attached hydrogens (tertiary/aromatic N) is 1. The van der Waals surface area contributed by atoms with Crippen LogP contribution in [0.5, 0.6) is 0 Å². The van der Waals surface area contributed by atoms with E-state index in [1.54, 1.807) is 24.3 Å². The van der Waals surface area contributed by atoms with Gasteiger partial charge in [-0.25, -0.2) is 4.79 Å². The Bertz CT molecular complexity index is 478. The first-order valence-corrected chi connectivity index (χ1v) is 8.14. The lowest BCUT2D eigenvalue weighted by Gasteiger charge is -2.37. The van der Waals surface area contributed by atoms with Crippen molar-refractivity contribution in [1.29, 1.82) is 0 Å². The quantitative estimate of drug-likeness (QED) is 0.770. The molecule has 116 valence electrons. The molecule has 4 heteroatoms. The second-order valence-electron chi connectivity index (χ2n) is 5.84. The molecule has 1 fully saturated rings. The summed E-state index contributed by atoms with van der Waals surface area (Å²) in [4.78, 5) is 14.4. The predicted molar refractivity (Wildman–Crippen MR) is 85.8 cm³/mol. The normalized spacial score (nSPS) is 23.0. The monoisotopic (exact) mass is 309 g/mol. The second-order valence-corrected chi connectivity index (χ2v) is 6.28. The van der Waals surface area contributed by atoms with Gasteiger partial charge in [0.1, 0.15) is 6.61 Å². The standard InChI is InChI=1S/C17H24ClNO2/c1-3-14-8-7-13(2)19(12-14)9-10-21-17(20)15-5-4-6-16(18)11-15/h4-6,11,13-14H,3,7-10,12H2,1-2H3. The Kier molecular flexibility index (Phi) is 6.07. The van der Waals surface area contributed by atoms with Gasteiger partial charge in [-0.15, -0.1) is 0 Å². The summed E-state index contributed by atoms with van der Waals surface area (Å²) < 4.78 is 5.36. The predicted octanol–water partition coefficient (Wildman–Crippen LogP) is 4.01. The lowest BCUT2D eigenvalue weighted by atomic mass is 9.92. The van der Waals surface area contributed by atoms with E-state index in [1.807, 2.05) is 0 Å². The smallest absolute Gasteiger partial charge is 0.338 e. The van der Waals surface area contributed by atoms with Crippen molar-refractivity contribution >= 4 is 17.6 Å². The van der Waals surface area contributed by atoms with Crippen LogP contribution in [0.3, 0.4) is 0 Å². The topological polar surface area (TPSA) is 29.5 Å². The van der Waals surface area contributed by atoms with Gasteiger partial charge < -0.3 is 4.74 Å². The molecule has 21 heavy (non-hydrogen) atoms. The molecule has 0 saturated carbocycles. The van der Waals surface area contributed by atoms with Gasteiger partial charge in [0.05, 0.1) is 5.56 Å². The van der Waals surface area contributed by atoms with Crippen molar-refractivity contribution in [1.82, 2.24) is 4.90 Å². The van der Waals surface area contributed by atoms with E-state index in [2.05, 4.69) is 18.7 Å². The number of ether oxygens (including phenoxy) is 1. The van der Waals surface area contributed by atoms with Crippen molar-refractivity contribution in [3.63, 3.8) is 0 Å². The van der Waals surface area contributed by atoms with Gasteiger partial charge in [-0.2, -0.15) is 0 Å². The molecule has 3 nitrogen and oxygen atoms in total. The fourth-order valence-electron chi connectivity index (χ4n) is 2.86. The molecule has 0 amide bonds. The van der Waals surface area contributed by atoms with Crippen LogP contribution in [0.2, 0.25) is 5.02 Å². The van der Waals surface area contributed by atoms with Gasteiger partial charge in [-0.3, -0.25) is 4.90 Å². The molecular weight excluding hydrogens is 286 g/mol. The molecule has 0 spiro atoms. The average molecular weight is 310 g/mol. The molecule has 0 bridgehead atoms. The van der Waals surface area contributed by atoms with Gasteiger partial charge in [-0.05, 0) is 43.9 Å². The number of rotatable bonds is 5. The van der Waals surface area contributed by atoms with Crippen LogP contribution in [0.25, 0.3) is 0 Å². The third-order valence-electron chi connectivity index (χ3n) is 4.36. The Morgan fingerprint density at radius 3 is 2.95 bits per heavy atom. The van der Waals surface area contributed by atoms with Gasteiger partial charge in [0.25, 0.3) is 0 Å². The summed E-state index contributed by atoms with van der Waals surface area (Å²) in [5.74, 6) is 0.485. The summed E-state index contributed by atoms with van der Waals surface area (Å²) in [7, 11) is 0. The Balaban J connectivity index is 1.79. The lowest BCUT2D eigenvalue weighted by Crippen LogP contribution is -2.43. The van der Waals surface area contributed by atoms with Crippen LogP contribution in [-0.4, -0.2) is 36.6 Å². The van der Waals surface area contributed by atoms with Crippen LogP contribution < -0.4 is 0 Å². The zero-order chi connectivity index (χ0) is 15.2. The molecule has 0 N–H and O–H groups in total. The second kappa shape index (κ2) is 7.81. The summed E-state index contributed by atoms with van der Waals surface area (Å²) in [6.07, 6.45) is 3.78. The first-order chi connectivity index (χ1) is 10.1. The van der Waals surface area contributed by atoms with Crippen molar-refractivity contribution in [3.8, 4) is 0 Å². The highest BCUT2D eigenvalue weighted by atomic mass is 35.5. The van der Waals surface area contributed by atoms with Crippen LogP contribution in [0.1, 0.15) is 43.5 Å². The van der Waals surface area contributed by atoms with Gasteiger partial charge in [0, 0.05) is 24.2 Å². The van der Waals surface area contributed by atoms with Crippen LogP contribution >= 0.6 is 11.6 Å². The van der Waals surface area contributed by atoms with E-state index in [4.69, 9.17) is 16.3 Å². The number of piperidine rings is 1. The van der Waals surface area contributed by atoms with Gasteiger partial charge in [-0.1, -0.05) is 31.0 Å². The van der Waals surface area contributed by atoms with Gasteiger partial charge >= 0.3 is 5.97 Å². The third-order valence-corrected chi connectivity index (χ3v) is 4.59. The Labute approximate surface area is 132 Å². The number of hydrogen-bond acceptors (Lipinski definition) is 3. The number of carbonyl (C=O) groups excluding carboxylic acids is 1. The van der Waals surface area contributed by atoms with E-state index in [-0.39, 0.29) is 5.97 Å². The zero-order valence-electron chi connectivity index (χ0n) is 12.8. The molecule has 1 aromatic rings. The summed E-state index contributed by atoms with van der Waals surface area (Å²) in [5, 5.41) is 0.555. The SMILES string of the molecule is CCC1CCC(C)N(CCOC(=O)c2cccc(Cl)c2)C1. The first kappa shape index (κ1) is 16.3. The Hall–Kier alpha value is -1.06. The number of esters is 1. The molecule has 2 rings (SSSR count). The first-order valence-electron chi connectivity index (χ1n) is 7.77. The van der Waals surface area contributed by atoms with Crippen LogP contribution in [0, 0.1) is 5.92 Å². The number of hydrogen-bond donors (Lipinski definition) is 0. The molecule has 1 aliphatic heterocycles. The molecule has 1 aliphatic rings. The molecule has 1 aromatic carbocycles. The molecule has 2 unspecified atom stereocenters. The van der Waals surface area contributed by atoms with E-state index in [9.17, 15) is 4.79 Å². The molecule has 1 heterocycles. The summed E-state index contributed by atoms with van der Waals surface area (Å²) in [6, 6.07) is 7.46. The van der Waals surface area contributed by atoms with E-state index < -0.39 is 0 Å². The highest BCUT2D eigenvalue weighted by Crippen LogP contribution is 2.23. The maximum Gasteiger partial charge on any atom is 0.338 e. The van der Waals surface area contributed by atoms with E-state index in [1.165, 1.54) is 19.3 Å². The minimum Gasteiger partial charge on any atom is -0.461 e. The van der Waals surface area contributed by atoms with Crippen molar-refractivity contribution in [3.05, 3.63) is 34.9 Å². The molecular formula is C17H24ClNO2. The zero-order valence-corrected chi connectivity index (χ0v) is 13.6. The summed E-state index contributed by atoms with van der Waals surface area (Å²) in [5.41, 5.74) is 0.514. The van der Waals surface area contributed by atoms with Crippen molar-refractivity contribution in [2.24, 2.45) is 5.92 Å². The fourth-order valence-corrected chi connectivity index (χ4v) is 3.05. The highest BCUT2D eigenvalue weighted by Gasteiger charge is 2.24. The summed E-state index contributed by atoms with van der Waals surface area (Å²) >= 11 is 5.88. The average Bonchev–Trinajstić information content (AvgIpc) is 2.49. The third kappa shape index (κ3) is 4.72. The molecule has 1 saturated heterocycles. The largest absolute Gasteiger partial charge is 0.461 e. The lowest BCUT2D eigenvalue weighted by molar-refractivity contribution is 0.0376. The molecule has 0 radical (unpaired) electrons. The van der Waals surface area contributed by atoms with Crippen molar-refractivity contribution < 1.29 is 9.53 Å². The Morgan fingerprint density at radius 2 is 2.24 bits per heavy atom. The van der Waals surface area contributed by atoms with Gasteiger partial charge in [0.15, 0.2) is 0 Å².